The van der Waals surface area contributed by atoms with Crippen molar-refractivity contribution in [3.8, 4) is 0 Å². The Morgan fingerprint density at radius 3 is 2.66 bits per heavy atom. The molecule has 1 saturated heterocycles. The van der Waals surface area contributed by atoms with Crippen molar-refractivity contribution in [3.63, 3.8) is 0 Å². The average Bonchev–Trinajstić information content (AvgIpc) is 2.81. The maximum Gasteiger partial charge on any atom is 0.282 e. The second-order valence-electron chi connectivity index (χ2n) is 8.18. The first-order chi connectivity index (χ1) is 15.4. The Balaban J connectivity index is 1.26. The van der Waals surface area contributed by atoms with Crippen molar-refractivity contribution in [1.82, 2.24) is 19.8 Å². The van der Waals surface area contributed by atoms with Crippen molar-refractivity contribution in [2.24, 2.45) is 7.05 Å². The zero-order chi connectivity index (χ0) is 22.7. The molecule has 1 amide bonds. The molecular formula is C24H28ClN5O2. The van der Waals surface area contributed by atoms with Crippen molar-refractivity contribution in [2.75, 3.05) is 44.2 Å². The van der Waals surface area contributed by atoms with E-state index in [1.807, 2.05) is 30.3 Å². The van der Waals surface area contributed by atoms with E-state index in [2.05, 4.69) is 33.1 Å². The lowest BCUT2D eigenvalue weighted by molar-refractivity contribution is 0.0944. The highest BCUT2D eigenvalue weighted by Gasteiger charge is 2.19. The molecule has 3 aromatic rings. The zero-order valence-corrected chi connectivity index (χ0v) is 19.2. The summed E-state index contributed by atoms with van der Waals surface area (Å²) in [5.74, 6) is -0.419. The van der Waals surface area contributed by atoms with Crippen molar-refractivity contribution in [3.05, 3.63) is 69.1 Å². The molecule has 0 atom stereocenters. The molecule has 0 saturated carbocycles. The first-order valence-corrected chi connectivity index (χ1v) is 11.3. The van der Waals surface area contributed by atoms with E-state index in [1.54, 1.807) is 13.1 Å². The van der Waals surface area contributed by atoms with Crippen LogP contribution in [0.2, 0.25) is 5.02 Å². The Labute approximate surface area is 192 Å². The van der Waals surface area contributed by atoms with Gasteiger partial charge >= 0.3 is 0 Å². The molecule has 0 bridgehead atoms. The largest absolute Gasteiger partial charge is 0.369 e. The number of fused-ring (bicyclic) bond motifs is 1. The molecular weight excluding hydrogens is 426 g/mol. The van der Waals surface area contributed by atoms with Crippen molar-refractivity contribution >= 4 is 34.2 Å². The van der Waals surface area contributed by atoms with Gasteiger partial charge in [-0.2, -0.15) is 0 Å². The number of amides is 1. The van der Waals surface area contributed by atoms with Crippen LogP contribution in [0.5, 0.6) is 0 Å². The summed E-state index contributed by atoms with van der Waals surface area (Å²) in [6.07, 6.45) is 0.815. The normalized spacial score (nSPS) is 14.7. The molecule has 1 N–H and O–H groups in total. The van der Waals surface area contributed by atoms with Crippen LogP contribution in [0.3, 0.4) is 0 Å². The maximum absolute atomic E-state index is 12.6. The van der Waals surface area contributed by atoms with Gasteiger partial charge in [-0.25, -0.2) is 4.98 Å². The fraction of sp³-hybridized carbons (Fsp3) is 0.375. The number of nitrogens with one attached hydrogen (secondary N) is 1. The molecule has 1 aromatic heterocycles. The molecule has 1 fully saturated rings. The molecule has 0 radical (unpaired) electrons. The van der Waals surface area contributed by atoms with Gasteiger partial charge in [0.25, 0.3) is 11.5 Å². The minimum atomic E-state index is -0.419. The number of aromatic nitrogens is 2. The number of rotatable bonds is 6. The molecule has 0 unspecified atom stereocenters. The first kappa shape index (κ1) is 22.3. The number of halogens is 1. The average molecular weight is 454 g/mol. The van der Waals surface area contributed by atoms with Gasteiger partial charge in [-0.05, 0) is 49.7 Å². The van der Waals surface area contributed by atoms with Gasteiger partial charge in [0, 0.05) is 50.5 Å². The first-order valence-electron chi connectivity index (χ1n) is 10.9. The number of benzene rings is 2. The fourth-order valence-electron chi connectivity index (χ4n) is 4.15. The van der Waals surface area contributed by atoms with Gasteiger partial charge in [0.1, 0.15) is 0 Å². The lowest BCUT2D eigenvalue weighted by atomic mass is 10.1. The quantitative estimate of drug-likeness (QED) is 0.581. The van der Waals surface area contributed by atoms with E-state index in [9.17, 15) is 9.59 Å². The highest BCUT2D eigenvalue weighted by atomic mass is 35.5. The Kier molecular flexibility index (Phi) is 6.77. The number of hydrogen-bond acceptors (Lipinski definition) is 5. The predicted octanol–water partition coefficient (Wildman–Crippen LogP) is 2.84. The van der Waals surface area contributed by atoms with Crippen molar-refractivity contribution in [1.29, 1.82) is 0 Å². The summed E-state index contributed by atoms with van der Waals surface area (Å²) in [6, 6.07) is 13.3. The Morgan fingerprint density at radius 1 is 1.12 bits per heavy atom. The number of para-hydroxylation sites is 2. The van der Waals surface area contributed by atoms with E-state index in [-0.39, 0.29) is 11.3 Å². The van der Waals surface area contributed by atoms with Crippen molar-refractivity contribution in [2.45, 2.75) is 13.3 Å². The van der Waals surface area contributed by atoms with Crippen LogP contribution in [-0.2, 0) is 7.05 Å². The minimum Gasteiger partial charge on any atom is -0.369 e. The third kappa shape index (κ3) is 4.79. The lowest BCUT2D eigenvalue weighted by Crippen LogP contribution is -2.47. The molecule has 0 aliphatic carbocycles. The number of anilines is 1. The van der Waals surface area contributed by atoms with E-state index in [4.69, 9.17) is 11.6 Å². The zero-order valence-electron chi connectivity index (χ0n) is 18.5. The third-order valence-corrected chi connectivity index (χ3v) is 6.25. The van der Waals surface area contributed by atoms with Crippen LogP contribution < -0.4 is 15.8 Å². The summed E-state index contributed by atoms with van der Waals surface area (Å²) in [5.41, 5.74) is 3.34. The van der Waals surface area contributed by atoms with E-state index in [0.717, 1.165) is 44.2 Å². The van der Waals surface area contributed by atoms with Gasteiger partial charge in [0.05, 0.1) is 11.0 Å². The number of piperazine rings is 1. The smallest absolute Gasteiger partial charge is 0.282 e. The number of aryl methyl sites for hydroxylation is 2. The van der Waals surface area contributed by atoms with Gasteiger partial charge in [-0.3, -0.25) is 14.5 Å². The van der Waals surface area contributed by atoms with Crippen LogP contribution >= 0.6 is 11.6 Å². The number of nitrogens with zero attached hydrogens (tertiary/aromatic N) is 4. The Hall–Kier alpha value is -2.90. The van der Waals surface area contributed by atoms with E-state index in [0.29, 0.717) is 17.6 Å². The standard InChI is InChI=1S/C24H28ClN5O2/c1-17-8-9-18(25)16-21(17)30-14-12-29(13-15-30)11-5-10-26-23(31)22-24(32)28(2)20-7-4-3-6-19(20)27-22/h3-4,6-9,16H,5,10-15H2,1-2H3,(H,26,31). The van der Waals surface area contributed by atoms with Crippen LogP contribution in [0.25, 0.3) is 11.0 Å². The van der Waals surface area contributed by atoms with Crippen LogP contribution in [0.15, 0.2) is 47.3 Å². The summed E-state index contributed by atoms with van der Waals surface area (Å²) in [7, 11) is 1.66. The van der Waals surface area contributed by atoms with Gasteiger partial charge in [-0.1, -0.05) is 29.8 Å². The summed E-state index contributed by atoms with van der Waals surface area (Å²) in [6.45, 7) is 7.34. The molecule has 8 heteroatoms. The monoisotopic (exact) mass is 453 g/mol. The second kappa shape index (κ2) is 9.71. The summed E-state index contributed by atoms with van der Waals surface area (Å²) in [5, 5.41) is 3.62. The highest BCUT2D eigenvalue weighted by Crippen LogP contribution is 2.25. The fourth-order valence-corrected chi connectivity index (χ4v) is 4.32. The van der Waals surface area contributed by atoms with E-state index >= 15 is 0 Å². The van der Waals surface area contributed by atoms with Gasteiger partial charge < -0.3 is 14.8 Å². The number of hydrogen-bond donors (Lipinski definition) is 1. The predicted molar refractivity (Wildman–Crippen MR) is 129 cm³/mol. The van der Waals surface area contributed by atoms with Gasteiger partial charge in [0.2, 0.25) is 0 Å². The van der Waals surface area contributed by atoms with Crippen LogP contribution in [0.4, 0.5) is 5.69 Å². The summed E-state index contributed by atoms with van der Waals surface area (Å²) >= 11 is 6.17. The molecule has 1 aliphatic rings. The Bertz CT molecular complexity index is 1180. The topological polar surface area (TPSA) is 70.5 Å². The summed E-state index contributed by atoms with van der Waals surface area (Å²) in [4.78, 5) is 34.1. The molecule has 32 heavy (non-hydrogen) atoms. The molecule has 0 spiro atoms. The third-order valence-electron chi connectivity index (χ3n) is 6.02. The number of carbonyl (C=O) groups is 1. The molecule has 168 valence electrons. The highest BCUT2D eigenvalue weighted by molar-refractivity contribution is 6.30. The maximum atomic E-state index is 12.6. The summed E-state index contributed by atoms with van der Waals surface area (Å²) < 4.78 is 1.47. The molecule has 7 nitrogen and oxygen atoms in total. The van der Waals surface area contributed by atoms with Gasteiger partial charge in [0.15, 0.2) is 5.69 Å². The second-order valence-corrected chi connectivity index (χ2v) is 8.62. The van der Waals surface area contributed by atoms with Crippen LogP contribution in [-0.4, -0.2) is 59.6 Å². The number of carbonyl (C=O) groups excluding carboxylic acids is 1. The van der Waals surface area contributed by atoms with Crippen LogP contribution in [0, 0.1) is 6.92 Å². The lowest BCUT2D eigenvalue weighted by Gasteiger charge is -2.37. The minimum absolute atomic E-state index is 0.0586. The molecule has 2 heterocycles. The van der Waals surface area contributed by atoms with Crippen molar-refractivity contribution < 1.29 is 4.79 Å². The molecule has 4 rings (SSSR count). The SMILES string of the molecule is Cc1ccc(Cl)cc1N1CCN(CCCNC(=O)c2nc3ccccc3n(C)c2=O)CC1. The van der Waals surface area contributed by atoms with E-state index in [1.165, 1.54) is 15.8 Å². The molecule has 2 aromatic carbocycles. The Morgan fingerprint density at radius 2 is 1.88 bits per heavy atom. The molecule has 1 aliphatic heterocycles. The van der Waals surface area contributed by atoms with Gasteiger partial charge in [-0.15, -0.1) is 0 Å². The van der Waals surface area contributed by atoms with E-state index < -0.39 is 5.91 Å². The van der Waals surface area contributed by atoms with Crippen LogP contribution in [0.1, 0.15) is 22.5 Å².